The molecule has 1 atom stereocenters. The number of fused-ring (bicyclic) bond motifs is 1. The Balaban J connectivity index is 1.55. The first-order valence-electron chi connectivity index (χ1n) is 13.1. The monoisotopic (exact) mass is 487 g/mol. The third-order valence-corrected chi connectivity index (χ3v) is 6.47. The zero-order valence-corrected chi connectivity index (χ0v) is 21.4. The fraction of sp³-hybridized carbons (Fsp3) is 0.387. The third kappa shape index (κ3) is 7.77. The Bertz CT molecular complexity index is 1160. The number of esters is 2. The van der Waals surface area contributed by atoms with Gasteiger partial charge in [-0.2, -0.15) is 0 Å². The fourth-order valence-corrected chi connectivity index (χ4v) is 4.45. The minimum absolute atomic E-state index is 0.0874. The van der Waals surface area contributed by atoms with Crippen molar-refractivity contribution in [3.8, 4) is 0 Å². The summed E-state index contributed by atoms with van der Waals surface area (Å²) in [6, 6.07) is 20.1. The number of amides is 1. The molecule has 1 N–H and O–H groups in total. The molecule has 0 aliphatic carbocycles. The van der Waals surface area contributed by atoms with Gasteiger partial charge in [-0.05, 0) is 41.8 Å². The average Bonchev–Trinajstić information content (AvgIpc) is 2.89. The molecule has 3 aromatic carbocycles. The van der Waals surface area contributed by atoms with Crippen LogP contribution in [0.2, 0.25) is 0 Å². The van der Waals surface area contributed by atoms with Crippen LogP contribution in [0.3, 0.4) is 0 Å². The van der Waals surface area contributed by atoms with E-state index in [-0.39, 0.29) is 23.6 Å². The van der Waals surface area contributed by atoms with Crippen LogP contribution in [0.5, 0.6) is 0 Å². The molecular formula is C31H37NO4. The number of carbonyl (C=O) groups is 3. The Labute approximate surface area is 214 Å². The van der Waals surface area contributed by atoms with Crippen molar-refractivity contribution >= 4 is 28.6 Å². The maximum atomic E-state index is 13.1. The van der Waals surface area contributed by atoms with Gasteiger partial charge in [0.25, 0.3) is 5.91 Å². The largest absolute Gasteiger partial charge is 0.389 e. The normalized spacial score (nSPS) is 11.7. The molecule has 0 heterocycles. The number of benzene rings is 3. The molecule has 1 unspecified atom stereocenters. The van der Waals surface area contributed by atoms with E-state index in [9.17, 15) is 14.4 Å². The van der Waals surface area contributed by atoms with E-state index in [1.165, 1.54) is 38.2 Å². The molecule has 0 saturated carbocycles. The second kappa shape index (κ2) is 14.2. The number of nitrogens with one attached hydrogen (secondary N) is 1. The Morgan fingerprint density at radius 2 is 1.36 bits per heavy atom. The summed E-state index contributed by atoms with van der Waals surface area (Å²) in [7, 11) is 0. The minimum atomic E-state index is -0.789. The van der Waals surface area contributed by atoms with Crippen molar-refractivity contribution in [1.29, 1.82) is 0 Å². The predicted molar refractivity (Wildman–Crippen MR) is 144 cm³/mol. The quantitative estimate of drug-likeness (QED) is 0.153. The van der Waals surface area contributed by atoms with Crippen LogP contribution in [0.15, 0.2) is 66.7 Å². The van der Waals surface area contributed by atoms with Crippen molar-refractivity contribution in [3.63, 3.8) is 0 Å². The molecule has 5 nitrogen and oxygen atoms in total. The Morgan fingerprint density at radius 1 is 0.750 bits per heavy atom. The minimum Gasteiger partial charge on any atom is -0.389 e. The molecule has 1 amide bonds. The first-order chi connectivity index (χ1) is 17.5. The Hall–Kier alpha value is -3.47. The van der Waals surface area contributed by atoms with Crippen LogP contribution in [-0.2, 0) is 9.53 Å². The average molecular weight is 488 g/mol. The van der Waals surface area contributed by atoms with Gasteiger partial charge in [0.15, 0.2) is 0 Å². The second-order valence-electron chi connectivity index (χ2n) is 9.30. The van der Waals surface area contributed by atoms with Crippen molar-refractivity contribution in [2.45, 2.75) is 77.7 Å². The lowest BCUT2D eigenvalue weighted by atomic mass is 9.99. The van der Waals surface area contributed by atoms with Crippen LogP contribution < -0.4 is 5.32 Å². The van der Waals surface area contributed by atoms with E-state index in [0.29, 0.717) is 6.42 Å². The topological polar surface area (TPSA) is 72.5 Å². The molecule has 190 valence electrons. The van der Waals surface area contributed by atoms with Crippen LogP contribution in [0.25, 0.3) is 10.8 Å². The van der Waals surface area contributed by atoms with Crippen LogP contribution in [0.4, 0.5) is 0 Å². The van der Waals surface area contributed by atoms with Crippen LogP contribution in [-0.4, -0.2) is 17.8 Å². The van der Waals surface area contributed by atoms with Crippen molar-refractivity contribution in [1.82, 2.24) is 5.32 Å². The SMILES string of the molecule is CCCCCCCCCCC(=O)OC(=O)c1ccccc1C(=O)NC(C)c1cccc2ccccc12. The van der Waals surface area contributed by atoms with Crippen LogP contribution in [0.1, 0.15) is 104 Å². The van der Waals surface area contributed by atoms with E-state index >= 15 is 0 Å². The Morgan fingerprint density at radius 3 is 2.11 bits per heavy atom. The summed E-state index contributed by atoms with van der Waals surface area (Å²) in [5.41, 5.74) is 1.26. The highest BCUT2D eigenvalue weighted by atomic mass is 16.6. The molecule has 0 fully saturated rings. The van der Waals surface area contributed by atoms with Gasteiger partial charge in [-0.15, -0.1) is 0 Å². The number of rotatable bonds is 13. The highest BCUT2D eigenvalue weighted by molar-refractivity contribution is 6.07. The first kappa shape index (κ1) is 27.1. The summed E-state index contributed by atoms with van der Waals surface area (Å²) >= 11 is 0. The molecule has 0 radical (unpaired) electrons. The van der Waals surface area contributed by atoms with Gasteiger partial charge >= 0.3 is 11.9 Å². The van der Waals surface area contributed by atoms with Gasteiger partial charge in [-0.3, -0.25) is 9.59 Å². The van der Waals surface area contributed by atoms with Gasteiger partial charge in [0, 0.05) is 6.42 Å². The number of hydrogen-bond acceptors (Lipinski definition) is 4. The lowest BCUT2D eigenvalue weighted by molar-refractivity contribution is -0.138. The van der Waals surface area contributed by atoms with Gasteiger partial charge in [0.1, 0.15) is 0 Å². The first-order valence-corrected chi connectivity index (χ1v) is 13.1. The van der Waals surface area contributed by atoms with E-state index in [0.717, 1.165) is 29.2 Å². The molecule has 0 aromatic heterocycles. The fourth-order valence-electron chi connectivity index (χ4n) is 4.45. The molecule has 0 aliphatic heterocycles. The van der Waals surface area contributed by atoms with E-state index in [1.54, 1.807) is 18.2 Å². The molecule has 0 aliphatic rings. The molecule has 0 saturated heterocycles. The summed E-state index contributed by atoms with van der Waals surface area (Å²) in [4.78, 5) is 38.1. The highest BCUT2D eigenvalue weighted by Crippen LogP contribution is 2.24. The standard InChI is InChI=1S/C31H37NO4/c1-3-4-5-6-7-8-9-10-22-29(33)36-31(35)28-20-14-13-19-27(28)30(34)32-23(2)25-21-15-17-24-16-11-12-18-26(24)25/h11-21,23H,3-10,22H2,1-2H3,(H,32,34). The smallest absolute Gasteiger partial charge is 0.346 e. The number of unbranched alkanes of at least 4 members (excludes halogenated alkanes) is 7. The van der Waals surface area contributed by atoms with Crippen LogP contribution >= 0.6 is 0 Å². The number of carbonyl (C=O) groups excluding carboxylic acids is 3. The summed E-state index contributed by atoms with van der Waals surface area (Å²) < 4.78 is 5.08. The van der Waals surface area contributed by atoms with Crippen molar-refractivity contribution in [2.24, 2.45) is 0 Å². The van der Waals surface area contributed by atoms with Crippen molar-refractivity contribution < 1.29 is 19.1 Å². The molecule has 3 aromatic rings. The highest BCUT2D eigenvalue weighted by Gasteiger charge is 2.22. The Kier molecular flexibility index (Phi) is 10.7. The van der Waals surface area contributed by atoms with E-state index in [4.69, 9.17) is 4.74 Å². The molecule has 3 rings (SSSR count). The lowest BCUT2D eigenvalue weighted by Crippen LogP contribution is -2.28. The van der Waals surface area contributed by atoms with Gasteiger partial charge < -0.3 is 10.1 Å². The molecule has 5 heteroatoms. The maximum absolute atomic E-state index is 13.1. The summed E-state index contributed by atoms with van der Waals surface area (Å²) in [5, 5.41) is 5.14. The van der Waals surface area contributed by atoms with Crippen LogP contribution in [0, 0.1) is 0 Å². The summed E-state index contributed by atoms with van der Waals surface area (Å²) in [6.07, 6.45) is 9.11. The van der Waals surface area contributed by atoms with Gasteiger partial charge in [-0.1, -0.05) is 106 Å². The zero-order chi connectivity index (χ0) is 25.8. The summed E-state index contributed by atoms with van der Waals surface area (Å²) in [6.45, 7) is 4.11. The number of hydrogen-bond donors (Lipinski definition) is 1. The predicted octanol–water partition coefficient (Wildman–Crippen LogP) is 7.55. The van der Waals surface area contributed by atoms with E-state index < -0.39 is 17.8 Å². The zero-order valence-electron chi connectivity index (χ0n) is 21.4. The molecule has 0 bridgehead atoms. The van der Waals surface area contributed by atoms with Crippen molar-refractivity contribution in [3.05, 3.63) is 83.4 Å². The lowest BCUT2D eigenvalue weighted by Gasteiger charge is -2.17. The van der Waals surface area contributed by atoms with Crippen molar-refractivity contribution in [2.75, 3.05) is 0 Å². The maximum Gasteiger partial charge on any atom is 0.346 e. The van der Waals surface area contributed by atoms with Gasteiger partial charge in [0.2, 0.25) is 0 Å². The van der Waals surface area contributed by atoms with E-state index in [1.807, 2.05) is 49.4 Å². The third-order valence-electron chi connectivity index (χ3n) is 6.47. The number of ether oxygens (including phenoxy) is 1. The molecular weight excluding hydrogens is 450 g/mol. The second-order valence-corrected chi connectivity index (χ2v) is 9.30. The molecule has 0 spiro atoms. The molecule has 36 heavy (non-hydrogen) atoms. The van der Waals surface area contributed by atoms with Gasteiger partial charge in [-0.25, -0.2) is 4.79 Å². The van der Waals surface area contributed by atoms with Gasteiger partial charge in [0.05, 0.1) is 17.2 Å². The summed E-state index contributed by atoms with van der Waals surface area (Å²) in [5.74, 6) is -1.73. The van der Waals surface area contributed by atoms with E-state index in [2.05, 4.69) is 12.2 Å².